The first kappa shape index (κ1) is 17.3. The van der Waals surface area contributed by atoms with Gasteiger partial charge >= 0.3 is 0 Å². The summed E-state index contributed by atoms with van der Waals surface area (Å²) in [5, 5.41) is 5.77. The second-order valence-electron chi connectivity index (χ2n) is 6.54. The normalized spacial score (nSPS) is 15.1. The van der Waals surface area contributed by atoms with Crippen molar-refractivity contribution in [2.24, 2.45) is 11.3 Å². The van der Waals surface area contributed by atoms with Crippen LogP contribution in [-0.2, 0) is 16.0 Å². The zero-order chi connectivity index (χ0) is 16.9. The van der Waals surface area contributed by atoms with Crippen molar-refractivity contribution in [1.82, 2.24) is 10.6 Å². The van der Waals surface area contributed by atoms with E-state index in [0.29, 0.717) is 31.8 Å². The third-order valence-electron chi connectivity index (χ3n) is 4.15. The fraction of sp³-hybridized carbons (Fsp3) is 0.556. The number of hydrogen-bond donors (Lipinski definition) is 2. The van der Waals surface area contributed by atoms with Crippen LogP contribution in [0, 0.1) is 11.3 Å². The quantitative estimate of drug-likeness (QED) is 0.720. The van der Waals surface area contributed by atoms with Crippen LogP contribution in [0.1, 0.15) is 32.3 Å². The summed E-state index contributed by atoms with van der Waals surface area (Å²) < 4.78 is 5.12. The van der Waals surface area contributed by atoms with Gasteiger partial charge in [0.05, 0.1) is 7.11 Å². The van der Waals surface area contributed by atoms with E-state index >= 15 is 0 Å². The molecule has 5 heteroatoms. The van der Waals surface area contributed by atoms with E-state index in [9.17, 15) is 9.59 Å². The molecule has 126 valence electrons. The molecule has 0 unspecified atom stereocenters. The third-order valence-corrected chi connectivity index (χ3v) is 4.15. The van der Waals surface area contributed by atoms with E-state index in [4.69, 9.17) is 4.74 Å². The van der Waals surface area contributed by atoms with Crippen LogP contribution in [0.15, 0.2) is 24.3 Å². The van der Waals surface area contributed by atoms with Gasteiger partial charge in [0.15, 0.2) is 0 Å². The molecule has 0 heterocycles. The maximum absolute atomic E-state index is 12.3. The molecule has 1 aliphatic carbocycles. The lowest BCUT2D eigenvalue weighted by Gasteiger charge is -2.16. The maximum atomic E-state index is 12.3. The Morgan fingerprint density at radius 3 is 2.26 bits per heavy atom. The Bertz CT molecular complexity index is 548. The van der Waals surface area contributed by atoms with Gasteiger partial charge in [-0.05, 0) is 42.9 Å². The average Bonchev–Trinajstić information content (AvgIpc) is 3.35. The van der Waals surface area contributed by atoms with Gasteiger partial charge in [-0.2, -0.15) is 0 Å². The van der Waals surface area contributed by atoms with Crippen molar-refractivity contribution in [3.8, 4) is 5.75 Å². The third kappa shape index (κ3) is 4.47. The van der Waals surface area contributed by atoms with Crippen molar-refractivity contribution in [1.29, 1.82) is 0 Å². The summed E-state index contributed by atoms with van der Waals surface area (Å²) in [5.41, 5.74) is 0.301. The molecule has 1 aliphatic rings. The molecule has 1 saturated carbocycles. The Kier molecular flexibility index (Phi) is 5.64. The highest BCUT2D eigenvalue weighted by molar-refractivity contribution is 6.07. The van der Waals surface area contributed by atoms with Crippen molar-refractivity contribution < 1.29 is 14.3 Å². The predicted octanol–water partition coefficient (Wildman–Crippen LogP) is 1.91. The number of rotatable bonds is 8. The number of hydrogen-bond acceptors (Lipinski definition) is 3. The summed E-state index contributed by atoms with van der Waals surface area (Å²) in [6.45, 7) is 5.22. The summed E-state index contributed by atoms with van der Waals surface area (Å²) in [5.74, 6) is 0.921. The highest BCUT2D eigenvalue weighted by Gasteiger charge is 2.56. The summed E-state index contributed by atoms with van der Waals surface area (Å²) >= 11 is 0. The lowest BCUT2D eigenvalue weighted by Crippen LogP contribution is -2.44. The molecule has 0 saturated heterocycles. The zero-order valence-corrected chi connectivity index (χ0v) is 14.1. The van der Waals surface area contributed by atoms with Crippen LogP contribution in [0.2, 0.25) is 0 Å². The van der Waals surface area contributed by atoms with Crippen molar-refractivity contribution in [2.75, 3.05) is 20.2 Å². The Labute approximate surface area is 137 Å². The van der Waals surface area contributed by atoms with E-state index < -0.39 is 5.41 Å². The van der Waals surface area contributed by atoms with Crippen molar-refractivity contribution in [3.63, 3.8) is 0 Å². The highest BCUT2D eigenvalue weighted by Crippen LogP contribution is 2.46. The van der Waals surface area contributed by atoms with Gasteiger partial charge in [-0.15, -0.1) is 0 Å². The van der Waals surface area contributed by atoms with E-state index in [2.05, 4.69) is 10.6 Å². The molecule has 5 nitrogen and oxygen atoms in total. The molecule has 0 aliphatic heterocycles. The first-order valence-corrected chi connectivity index (χ1v) is 8.17. The van der Waals surface area contributed by atoms with Crippen LogP contribution in [0.5, 0.6) is 5.75 Å². The molecule has 1 fully saturated rings. The molecule has 2 rings (SSSR count). The van der Waals surface area contributed by atoms with Crippen molar-refractivity contribution in [2.45, 2.75) is 33.1 Å². The number of ether oxygens (including phenoxy) is 1. The predicted molar refractivity (Wildman–Crippen MR) is 89.2 cm³/mol. The summed E-state index contributed by atoms with van der Waals surface area (Å²) in [6.07, 6.45) is 2.02. The zero-order valence-electron chi connectivity index (χ0n) is 14.1. The summed E-state index contributed by atoms with van der Waals surface area (Å²) in [6, 6.07) is 7.76. The van der Waals surface area contributed by atoms with Gasteiger partial charge in [-0.25, -0.2) is 0 Å². The second-order valence-corrected chi connectivity index (χ2v) is 6.54. The van der Waals surface area contributed by atoms with Crippen LogP contribution >= 0.6 is 0 Å². The number of methoxy groups -OCH3 is 1. The summed E-state index contributed by atoms with van der Waals surface area (Å²) in [7, 11) is 1.63. The minimum atomic E-state index is -0.825. The first-order valence-electron chi connectivity index (χ1n) is 8.17. The topological polar surface area (TPSA) is 67.4 Å². The van der Waals surface area contributed by atoms with Gasteiger partial charge in [0, 0.05) is 13.1 Å². The second kappa shape index (κ2) is 7.49. The Balaban J connectivity index is 1.78. The number of benzene rings is 1. The molecule has 23 heavy (non-hydrogen) atoms. The number of amides is 2. The monoisotopic (exact) mass is 318 g/mol. The molecule has 0 atom stereocenters. The SMILES string of the molecule is COc1ccc(CCNC(=O)C2(C(=O)NCC(C)C)CC2)cc1. The van der Waals surface area contributed by atoms with Crippen LogP contribution in [-0.4, -0.2) is 32.0 Å². The molecule has 0 radical (unpaired) electrons. The van der Waals surface area contributed by atoms with Gasteiger partial charge in [-0.3, -0.25) is 9.59 Å². The standard InChI is InChI=1S/C18H26N2O3/c1-13(2)12-20-17(22)18(9-10-18)16(21)19-11-8-14-4-6-15(23-3)7-5-14/h4-7,13H,8-12H2,1-3H3,(H,19,21)(H,20,22). The molecule has 1 aromatic rings. The molecule has 2 amide bonds. The minimum absolute atomic E-state index is 0.131. The van der Waals surface area contributed by atoms with Gasteiger partial charge in [-0.1, -0.05) is 26.0 Å². The van der Waals surface area contributed by atoms with Gasteiger partial charge in [0.1, 0.15) is 11.2 Å². The number of carbonyl (C=O) groups is 2. The first-order chi connectivity index (χ1) is 11.0. The molecular formula is C18H26N2O3. The van der Waals surface area contributed by atoms with E-state index in [1.807, 2.05) is 38.1 Å². The van der Waals surface area contributed by atoms with Crippen molar-refractivity contribution in [3.05, 3.63) is 29.8 Å². The van der Waals surface area contributed by atoms with E-state index in [1.54, 1.807) is 7.11 Å². The summed E-state index contributed by atoms with van der Waals surface area (Å²) in [4.78, 5) is 24.5. The van der Waals surface area contributed by atoms with Gasteiger partial charge in [0.2, 0.25) is 11.8 Å². The van der Waals surface area contributed by atoms with Gasteiger partial charge < -0.3 is 15.4 Å². The van der Waals surface area contributed by atoms with Gasteiger partial charge in [0.25, 0.3) is 0 Å². The van der Waals surface area contributed by atoms with Crippen molar-refractivity contribution >= 4 is 11.8 Å². The molecule has 1 aromatic carbocycles. The lowest BCUT2D eigenvalue weighted by molar-refractivity contribution is -0.137. The number of nitrogens with one attached hydrogen (secondary N) is 2. The minimum Gasteiger partial charge on any atom is -0.497 e. The highest BCUT2D eigenvalue weighted by atomic mass is 16.5. The van der Waals surface area contributed by atoms with Crippen LogP contribution in [0.3, 0.4) is 0 Å². The fourth-order valence-corrected chi connectivity index (χ4v) is 2.43. The van der Waals surface area contributed by atoms with Crippen LogP contribution < -0.4 is 15.4 Å². The van der Waals surface area contributed by atoms with E-state index in [0.717, 1.165) is 17.7 Å². The van der Waals surface area contributed by atoms with E-state index in [1.165, 1.54) is 0 Å². The van der Waals surface area contributed by atoms with E-state index in [-0.39, 0.29) is 11.8 Å². The van der Waals surface area contributed by atoms with Crippen LogP contribution in [0.4, 0.5) is 0 Å². The fourth-order valence-electron chi connectivity index (χ4n) is 2.43. The smallest absolute Gasteiger partial charge is 0.235 e. The Morgan fingerprint density at radius 2 is 1.74 bits per heavy atom. The lowest BCUT2D eigenvalue weighted by atomic mass is 10.0. The largest absolute Gasteiger partial charge is 0.497 e. The molecule has 0 spiro atoms. The van der Waals surface area contributed by atoms with Crippen LogP contribution in [0.25, 0.3) is 0 Å². The molecule has 2 N–H and O–H groups in total. The Morgan fingerprint density at radius 1 is 1.13 bits per heavy atom. The maximum Gasteiger partial charge on any atom is 0.235 e. The Hall–Kier alpha value is -2.04. The molecule has 0 bridgehead atoms. The number of carbonyl (C=O) groups excluding carboxylic acids is 2. The molecular weight excluding hydrogens is 292 g/mol. The molecule has 0 aromatic heterocycles. The average molecular weight is 318 g/mol.